The molecule has 0 amide bonds. The SMILES string of the molecule is NCCOc1cccc(Nc2ccc([N+](=O)[O-])cn2)c1. The molecule has 104 valence electrons. The van der Waals surface area contributed by atoms with E-state index in [-0.39, 0.29) is 5.69 Å². The largest absolute Gasteiger partial charge is 0.492 e. The summed E-state index contributed by atoms with van der Waals surface area (Å²) in [7, 11) is 0. The Morgan fingerprint density at radius 1 is 1.35 bits per heavy atom. The monoisotopic (exact) mass is 274 g/mol. The lowest BCUT2D eigenvalue weighted by molar-refractivity contribution is -0.385. The van der Waals surface area contributed by atoms with Crippen molar-refractivity contribution in [3.63, 3.8) is 0 Å². The highest BCUT2D eigenvalue weighted by Gasteiger charge is 2.05. The van der Waals surface area contributed by atoms with E-state index in [9.17, 15) is 10.1 Å². The van der Waals surface area contributed by atoms with Crippen LogP contribution in [0.4, 0.5) is 17.2 Å². The zero-order chi connectivity index (χ0) is 14.4. The summed E-state index contributed by atoms with van der Waals surface area (Å²) < 4.78 is 5.41. The molecule has 7 heteroatoms. The second-order valence-electron chi connectivity index (χ2n) is 3.95. The van der Waals surface area contributed by atoms with Crippen molar-refractivity contribution in [3.8, 4) is 5.75 Å². The fourth-order valence-electron chi connectivity index (χ4n) is 1.56. The van der Waals surface area contributed by atoms with Gasteiger partial charge < -0.3 is 15.8 Å². The van der Waals surface area contributed by atoms with Crippen LogP contribution in [0.15, 0.2) is 42.6 Å². The number of nitrogens with one attached hydrogen (secondary N) is 1. The first-order valence-corrected chi connectivity index (χ1v) is 5.99. The molecule has 0 unspecified atom stereocenters. The zero-order valence-electron chi connectivity index (χ0n) is 10.7. The van der Waals surface area contributed by atoms with E-state index in [1.807, 2.05) is 18.2 Å². The summed E-state index contributed by atoms with van der Waals surface area (Å²) in [4.78, 5) is 14.0. The van der Waals surface area contributed by atoms with Gasteiger partial charge in [0.15, 0.2) is 0 Å². The Kier molecular flexibility index (Phi) is 4.46. The third-order valence-corrected chi connectivity index (χ3v) is 2.45. The van der Waals surface area contributed by atoms with Gasteiger partial charge in [0.05, 0.1) is 4.92 Å². The molecule has 1 heterocycles. The van der Waals surface area contributed by atoms with E-state index in [0.29, 0.717) is 24.7 Å². The normalized spacial score (nSPS) is 10.1. The van der Waals surface area contributed by atoms with Crippen molar-refractivity contribution in [2.24, 2.45) is 5.73 Å². The molecule has 3 N–H and O–H groups in total. The van der Waals surface area contributed by atoms with Crippen LogP contribution >= 0.6 is 0 Å². The molecule has 1 aromatic carbocycles. The summed E-state index contributed by atoms with van der Waals surface area (Å²) in [5.41, 5.74) is 6.10. The minimum absolute atomic E-state index is 0.0458. The summed E-state index contributed by atoms with van der Waals surface area (Å²) in [5.74, 6) is 1.22. The summed E-state index contributed by atoms with van der Waals surface area (Å²) in [6, 6.07) is 10.2. The average Bonchev–Trinajstić information content (AvgIpc) is 2.46. The molecule has 7 nitrogen and oxygen atoms in total. The van der Waals surface area contributed by atoms with Gasteiger partial charge in [-0.2, -0.15) is 0 Å². The van der Waals surface area contributed by atoms with Crippen LogP contribution in [0.25, 0.3) is 0 Å². The molecule has 2 aromatic rings. The number of aromatic nitrogens is 1. The van der Waals surface area contributed by atoms with E-state index in [4.69, 9.17) is 10.5 Å². The fraction of sp³-hybridized carbons (Fsp3) is 0.154. The molecule has 0 aliphatic rings. The second-order valence-corrected chi connectivity index (χ2v) is 3.95. The van der Waals surface area contributed by atoms with E-state index in [0.717, 1.165) is 5.69 Å². The Bertz CT molecular complexity index is 586. The minimum atomic E-state index is -0.488. The smallest absolute Gasteiger partial charge is 0.287 e. The van der Waals surface area contributed by atoms with Crippen molar-refractivity contribution in [3.05, 3.63) is 52.7 Å². The van der Waals surface area contributed by atoms with E-state index in [1.54, 1.807) is 12.1 Å². The molecule has 0 aliphatic carbocycles. The Morgan fingerprint density at radius 2 is 2.20 bits per heavy atom. The van der Waals surface area contributed by atoms with Gasteiger partial charge in [-0.3, -0.25) is 10.1 Å². The van der Waals surface area contributed by atoms with Gasteiger partial charge in [0.1, 0.15) is 24.4 Å². The quantitative estimate of drug-likeness (QED) is 0.617. The number of benzene rings is 1. The highest BCUT2D eigenvalue weighted by molar-refractivity contribution is 5.58. The fourth-order valence-corrected chi connectivity index (χ4v) is 1.56. The predicted octanol–water partition coefficient (Wildman–Crippen LogP) is 2.07. The standard InChI is InChI=1S/C13H14N4O3/c14-6-7-20-12-3-1-2-10(8-12)16-13-5-4-11(9-15-13)17(18)19/h1-5,8-9H,6-7,14H2,(H,15,16). The molecule has 0 fully saturated rings. The Morgan fingerprint density at radius 3 is 2.85 bits per heavy atom. The number of nitrogens with zero attached hydrogens (tertiary/aromatic N) is 2. The number of nitro groups is 1. The van der Waals surface area contributed by atoms with Crippen LogP contribution in [-0.2, 0) is 0 Å². The number of anilines is 2. The Hall–Kier alpha value is -2.67. The third-order valence-electron chi connectivity index (χ3n) is 2.45. The zero-order valence-corrected chi connectivity index (χ0v) is 10.7. The van der Waals surface area contributed by atoms with Gasteiger partial charge in [-0.15, -0.1) is 0 Å². The number of nitrogens with two attached hydrogens (primary N) is 1. The summed E-state index contributed by atoms with van der Waals surface area (Å²) in [5, 5.41) is 13.6. The molecule has 0 saturated carbocycles. The van der Waals surface area contributed by atoms with Crippen LogP contribution < -0.4 is 15.8 Å². The highest BCUT2D eigenvalue weighted by Crippen LogP contribution is 2.21. The van der Waals surface area contributed by atoms with Crippen LogP contribution in [0.5, 0.6) is 5.75 Å². The number of hydrogen-bond acceptors (Lipinski definition) is 6. The molecular weight excluding hydrogens is 260 g/mol. The maximum Gasteiger partial charge on any atom is 0.287 e. The Labute approximate surface area is 115 Å². The van der Waals surface area contributed by atoms with Crippen LogP contribution in [0, 0.1) is 10.1 Å². The minimum Gasteiger partial charge on any atom is -0.492 e. The lowest BCUT2D eigenvalue weighted by atomic mass is 10.3. The van der Waals surface area contributed by atoms with Crippen molar-refractivity contribution >= 4 is 17.2 Å². The molecule has 0 spiro atoms. The van der Waals surface area contributed by atoms with Crippen LogP contribution in [0.1, 0.15) is 0 Å². The summed E-state index contributed by atoms with van der Waals surface area (Å²) >= 11 is 0. The van der Waals surface area contributed by atoms with E-state index < -0.39 is 4.92 Å². The van der Waals surface area contributed by atoms with Crippen LogP contribution in [-0.4, -0.2) is 23.1 Å². The lowest BCUT2D eigenvalue weighted by Crippen LogP contribution is -2.10. The molecule has 0 bridgehead atoms. The average molecular weight is 274 g/mol. The van der Waals surface area contributed by atoms with E-state index in [2.05, 4.69) is 10.3 Å². The van der Waals surface area contributed by atoms with Crippen LogP contribution in [0.3, 0.4) is 0 Å². The van der Waals surface area contributed by atoms with Crippen molar-refractivity contribution < 1.29 is 9.66 Å². The maximum absolute atomic E-state index is 10.5. The first kappa shape index (κ1) is 13.8. The molecule has 0 saturated heterocycles. The molecule has 0 radical (unpaired) electrons. The maximum atomic E-state index is 10.5. The number of pyridine rings is 1. The third kappa shape index (κ3) is 3.66. The van der Waals surface area contributed by atoms with Gasteiger partial charge in [0, 0.05) is 24.4 Å². The molecule has 2 rings (SSSR count). The highest BCUT2D eigenvalue weighted by atomic mass is 16.6. The molecular formula is C13H14N4O3. The number of hydrogen-bond donors (Lipinski definition) is 2. The van der Waals surface area contributed by atoms with Crippen molar-refractivity contribution in [2.75, 3.05) is 18.5 Å². The molecule has 0 atom stereocenters. The van der Waals surface area contributed by atoms with E-state index in [1.165, 1.54) is 12.3 Å². The molecule has 20 heavy (non-hydrogen) atoms. The van der Waals surface area contributed by atoms with Crippen molar-refractivity contribution in [1.82, 2.24) is 4.98 Å². The van der Waals surface area contributed by atoms with E-state index >= 15 is 0 Å². The first-order valence-electron chi connectivity index (χ1n) is 5.99. The van der Waals surface area contributed by atoms with Gasteiger partial charge in [0.25, 0.3) is 5.69 Å². The first-order chi connectivity index (χ1) is 9.69. The predicted molar refractivity (Wildman–Crippen MR) is 75.2 cm³/mol. The molecule has 1 aromatic heterocycles. The van der Waals surface area contributed by atoms with Crippen molar-refractivity contribution in [2.45, 2.75) is 0 Å². The second kappa shape index (κ2) is 6.48. The lowest BCUT2D eigenvalue weighted by Gasteiger charge is -2.08. The van der Waals surface area contributed by atoms with Gasteiger partial charge in [0.2, 0.25) is 0 Å². The summed E-state index contributed by atoms with van der Waals surface area (Å²) in [6.45, 7) is 0.890. The Balaban J connectivity index is 2.07. The number of rotatable bonds is 6. The summed E-state index contributed by atoms with van der Waals surface area (Å²) in [6.07, 6.45) is 1.21. The number of ether oxygens (including phenoxy) is 1. The molecule has 0 aliphatic heterocycles. The van der Waals surface area contributed by atoms with Gasteiger partial charge >= 0.3 is 0 Å². The van der Waals surface area contributed by atoms with Crippen molar-refractivity contribution in [1.29, 1.82) is 0 Å². The van der Waals surface area contributed by atoms with Gasteiger partial charge in [-0.25, -0.2) is 4.98 Å². The van der Waals surface area contributed by atoms with Gasteiger partial charge in [-0.05, 0) is 18.2 Å². The van der Waals surface area contributed by atoms with Crippen LogP contribution in [0.2, 0.25) is 0 Å². The van der Waals surface area contributed by atoms with Gasteiger partial charge in [-0.1, -0.05) is 6.07 Å². The topological polar surface area (TPSA) is 103 Å².